The first kappa shape index (κ1) is 23.7. The summed E-state index contributed by atoms with van der Waals surface area (Å²) >= 11 is 1.09. The van der Waals surface area contributed by atoms with Crippen LogP contribution in [-0.2, 0) is 48.7 Å². The molecule has 1 aromatic heterocycles. The molecule has 0 saturated carbocycles. The molecule has 10 heteroatoms. The van der Waals surface area contributed by atoms with Gasteiger partial charge in [-0.3, -0.25) is 0 Å². The number of sulfonamides is 1. The van der Waals surface area contributed by atoms with Gasteiger partial charge in [0, 0.05) is 23.7 Å². The van der Waals surface area contributed by atoms with E-state index in [-0.39, 0.29) is 39.3 Å². The third-order valence-corrected chi connectivity index (χ3v) is 9.58. The molecule has 2 heterocycles. The molecule has 0 radical (unpaired) electrons. The number of amides is 2. The van der Waals surface area contributed by atoms with Crippen LogP contribution in [0.3, 0.4) is 0 Å². The Morgan fingerprint density at radius 2 is 1.75 bits per heavy atom. The molecule has 0 bridgehead atoms. The van der Waals surface area contributed by atoms with Crippen molar-refractivity contribution >= 4 is 62.6 Å². The Morgan fingerprint density at radius 3 is 2.38 bits per heavy atom. The fourth-order valence-electron chi connectivity index (χ4n) is 5.08. The number of likely N-dealkylation sites (N-methyl/N-ethyl adjacent to an activating group) is 1. The van der Waals surface area contributed by atoms with Gasteiger partial charge in [-0.15, -0.1) is 11.3 Å². The van der Waals surface area contributed by atoms with Crippen LogP contribution >= 0.6 is 11.3 Å². The van der Waals surface area contributed by atoms with E-state index in [0.717, 1.165) is 83.7 Å². The van der Waals surface area contributed by atoms with Crippen molar-refractivity contribution in [1.82, 2.24) is 9.62 Å². The summed E-state index contributed by atoms with van der Waals surface area (Å²) in [5.41, 5.74) is 6.57. The van der Waals surface area contributed by atoms with Gasteiger partial charge in [0.25, 0.3) is 10.0 Å². The van der Waals surface area contributed by atoms with Crippen molar-refractivity contribution in [3.8, 4) is 6.07 Å². The molecular weight excluding hydrogens is 455 g/mol. The molecular formula is C22H25N4NaO3S2. The molecule has 5 rings (SSSR count). The molecule has 3 aliphatic rings. The number of carbonyl (C=O) groups is 1. The minimum absolute atomic E-state index is 0. The predicted octanol–water partition coefficient (Wildman–Crippen LogP) is 2.45. The summed E-state index contributed by atoms with van der Waals surface area (Å²) < 4.78 is 28.2. The fourth-order valence-corrected chi connectivity index (χ4v) is 7.88. The van der Waals surface area contributed by atoms with Gasteiger partial charge >= 0.3 is 35.6 Å². The van der Waals surface area contributed by atoms with Gasteiger partial charge in [-0.25, -0.2) is 17.9 Å². The number of rotatable bonds is 3. The summed E-state index contributed by atoms with van der Waals surface area (Å²) in [5.74, 6) is 0. The van der Waals surface area contributed by atoms with E-state index in [0.29, 0.717) is 13.0 Å². The molecule has 0 saturated heterocycles. The van der Waals surface area contributed by atoms with Crippen LogP contribution in [0.4, 0.5) is 10.5 Å². The molecule has 1 aromatic carbocycles. The molecule has 7 nitrogen and oxygen atoms in total. The Labute approximate surface area is 214 Å². The average molecular weight is 481 g/mol. The molecule has 2 aromatic rings. The van der Waals surface area contributed by atoms with Crippen molar-refractivity contribution < 1.29 is 13.2 Å². The average Bonchev–Trinajstić information content (AvgIpc) is 3.44. The quantitative estimate of drug-likeness (QED) is 0.657. The number of nitrogens with zero attached hydrogens (tertiary/aromatic N) is 2. The van der Waals surface area contributed by atoms with Gasteiger partial charge < -0.3 is 10.2 Å². The Balaban J connectivity index is 0.00000245. The number of fused-ring (bicyclic) bond motifs is 3. The van der Waals surface area contributed by atoms with Crippen molar-refractivity contribution in [1.29, 1.82) is 5.26 Å². The van der Waals surface area contributed by atoms with Gasteiger partial charge in [0.05, 0.1) is 5.56 Å². The third kappa shape index (κ3) is 4.13. The molecule has 2 aliphatic carbocycles. The number of hydrogen-bond donors (Lipinski definition) is 2. The van der Waals surface area contributed by atoms with Crippen LogP contribution < -0.4 is 10.0 Å². The second-order valence-electron chi connectivity index (χ2n) is 8.56. The number of carbonyl (C=O) groups excluding carboxylic acids is 1. The Kier molecular flexibility index (Phi) is 6.74. The molecule has 32 heavy (non-hydrogen) atoms. The SMILES string of the molecule is CN1CCc2c(sc(S(=O)(=O)NC(=O)Nc3c4c(cc5c3CCC5)CCC4)c2C#N)C1.[NaH]. The van der Waals surface area contributed by atoms with Crippen molar-refractivity contribution in [2.45, 2.75) is 55.7 Å². The van der Waals surface area contributed by atoms with Crippen LogP contribution in [0, 0.1) is 11.3 Å². The van der Waals surface area contributed by atoms with E-state index < -0.39 is 16.1 Å². The number of nitriles is 1. The Bertz CT molecular complexity index is 1210. The standard InChI is InChI=1S/C22H24N4O3S2.Na.H/c1-26-9-8-17-18(11-23)21(30-19(17)12-26)31(28,29)25-22(27)24-20-15-6-2-4-13(15)10-14-5-3-7-16(14)20;;/h10H,2-9,12H2,1H3,(H2,24,25,27);;. The van der Waals surface area contributed by atoms with Crippen LogP contribution in [0.1, 0.15) is 51.1 Å². The van der Waals surface area contributed by atoms with Crippen molar-refractivity contribution in [2.24, 2.45) is 0 Å². The molecule has 164 valence electrons. The number of urea groups is 1. The molecule has 2 N–H and O–H groups in total. The van der Waals surface area contributed by atoms with E-state index >= 15 is 0 Å². The van der Waals surface area contributed by atoms with Gasteiger partial charge in [0.15, 0.2) is 4.21 Å². The third-order valence-electron chi connectivity index (χ3n) is 6.51. The maximum atomic E-state index is 13.1. The van der Waals surface area contributed by atoms with Crippen LogP contribution in [-0.4, -0.2) is 62.5 Å². The zero-order valence-corrected chi connectivity index (χ0v) is 19.0. The number of hydrogen-bond acceptors (Lipinski definition) is 6. The molecule has 0 atom stereocenters. The normalized spacial score (nSPS) is 17.0. The topological polar surface area (TPSA) is 102 Å². The molecule has 0 unspecified atom stereocenters. The zero-order chi connectivity index (χ0) is 21.8. The number of anilines is 1. The summed E-state index contributed by atoms with van der Waals surface area (Å²) in [4.78, 5) is 15.8. The molecule has 0 spiro atoms. The Morgan fingerprint density at radius 1 is 1.09 bits per heavy atom. The summed E-state index contributed by atoms with van der Waals surface area (Å²) in [6.07, 6.45) is 6.52. The first-order valence-corrected chi connectivity index (χ1v) is 12.9. The first-order chi connectivity index (χ1) is 14.9. The van der Waals surface area contributed by atoms with Crippen LogP contribution in [0.2, 0.25) is 0 Å². The van der Waals surface area contributed by atoms with E-state index in [4.69, 9.17) is 0 Å². The van der Waals surface area contributed by atoms with Gasteiger partial charge in [-0.1, -0.05) is 6.07 Å². The van der Waals surface area contributed by atoms with Crippen LogP contribution in [0.5, 0.6) is 0 Å². The van der Waals surface area contributed by atoms with Crippen LogP contribution in [0.25, 0.3) is 0 Å². The van der Waals surface area contributed by atoms with Gasteiger partial charge in [-0.2, -0.15) is 5.26 Å². The number of thiophene rings is 1. The summed E-state index contributed by atoms with van der Waals surface area (Å²) in [6.45, 7) is 1.38. The summed E-state index contributed by atoms with van der Waals surface area (Å²) in [7, 11) is -2.18. The van der Waals surface area contributed by atoms with Gasteiger partial charge in [0.1, 0.15) is 6.07 Å². The fraction of sp³-hybridized carbons (Fsp3) is 0.455. The van der Waals surface area contributed by atoms with E-state index in [9.17, 15) is 18.5 Å². The van der Waals surface area contributed by atoms with E-state index in [1.807, 2.05) is 7.05 Å². The second-order valence-corrected chi connectivity index (χ2v) is 11.5. The second kappa shape index (κ2) is 9.09. The zero-order valence-electron chi connectivity index (χ0n) is 17.4. The summed E-state index contributed by atoms with van der Waals surface area (Å²) in [6, 6.07) is 3.56. The Hall–Kier alpha value is -1.41. The molecule has 2 amide bonds. The van der Waals surface area contributed by atoms with Crippen molar-refractivity contribution in [3.63, 3.8) is 0 Å². The van der Waals surface area contributed by atoms with Gasteiger partial charge in [0.2, 0.25) is 0 Å². The number of benzene rings is 1. The maximum absolute atomic E-state index is 13.1. The monoisotopic (exact) mass is 480 g/mol. The number of aryl methyl sites for hydroxylation is 2. The minimum atomic E-state index is -4.15. The first-order valence-electron chi connectivity index (χ1n) is 10.6. The van der Waals surface area contributed by atoms with Gasteiger partial charge in [-0.05, 0) is 79.8 Å². The molecule has 1 aliphatic heterocycles. The van der Waals surface area contributed by atoms with Crippen molar-refractivity contribution in [2.75, 3.05) is 18.9 Å². The van der Waals surface area contributed by atoms with E-state index in [1.165, 1.54) is 11.1 Å². The van der Waals surface area contributed by atoms with E-state index in [1.54, 1.807) is 0 Å². The van der Waals surface area contributed by atoms with E-state index in [2.05, 4.69) is 27.1 Å². The summed E-state index contributed by atoms with van der Waals surface area (Å²) in [5, 5.41) is 12.5. The van der Waals surface area contributed by atoms with Crippen LogP contribution in [0.15, 0.2) is 10.3 Å². The van der Waals surface area contributed by atoms with Crippen molar-refractivity contribution in [3.05, 3.63) is 44.3 Å². The molecule has 0 fully saturated rings. The predicted molar refractivity (Wildman–Crippen MR) is 126 cm³/mol. The number of nitrogens with one attached hydrogen (secondary N) is 2.